The molecule has 0 aromatic carbocycles. The van der Waals surface area contributed by atoms with E-state index < -0.39 is 15.9 Å². The molecule has 3 N–H and O–H groups in total. The van der Waals surface area contributed by atoms with Gasteiger partial charge in [0.1, 0.15) is 9.84 Å². The highest BCUT2D eigenvalue weighted by Crippen LogP contribution is 2.13. The summed E-state index contributed by atoms with van der Waals surface area (Å²) < 4.78 is 22.0. The third-order valence-electron chi connectivity index (χ3n) is 3.42. The molecule has 0 aromatic heterocycles. The molecule has 1 rings (SSSR count). The Labute approximate surface area is 115 Å². The van der Waals surface area contributed by atoms with Crippen molar-refractivity contribution in [2.45, 2.75) is 25.3 Å². The SMILES string of the molecule is CN1CCCC(CNC(=O)C(N)CCS(C)(=O)=O)C1. The highest BCUT2D eigenvalue weighted by Gasteiger charge is 2.20. The largest absolute Gasteiger partial charge is 0.354 e. The van der Waals surface area contributed by atoms with Gasteiger partial charge >= 0.3 is 0 Å². The second kappa shape index (κ2) is 7.21. The number of nitrogens with zero attached hydrogens (tertiary/aromatic N) is 1. The van der Waals surface area contributed by atoms with Crippen LogP contribution in [-0.4, -0.2) is 64.0 Å². The highest BCUT2D eigenvalue weighted by molar-refractivity contribution is 7.90. The molecule has 0 spiro atoms. The molecule has 0 saturated carbocycles. The van der Waals surface area contributed by atoms with Gasteiger partial charge in [-0.3, -0.25) is 4.79 Å². The normalized spacial score (nSPS) is 23.0. The molecule has 7 heteroatoms. The van der Waals surface area contributed by atoms with Gasteiger partial charge < -0.3 is 16.0 Å². The van der Waals surface area contributed by atoms with Crippen LogP contribution < -0.4 is 11.1 Å². The van der Waals surface area contributed by atoms with Crippen LogP contribution in [0.3, 0.4) is 0 Å². The van der Waals surface area contributed by atoms with Gasteiger partial charge in [0, 0.05) is 19.3 Å². The van der Waals surface area contributed by atoms with Crippen LogP contribution in [0.5, 0.6) is 0 Å². The zero-order valence-electron chi connectivity index (χ0n) is 11.8. The molecule has 1 fully saturated rings. The van der Waals surface area contributed by atoms with E-state index in [1.807, 2.05) is 0 Å². The number of carbonyl (C=O) groups is 1. The molecule has 1 saturated heterocycles. The van der Waals surface area contributed by atoms with Gasteiger partial charge in [-0.25, -0.2) is 8.42 Å². The molecule has 0 bridgehead atoms. The van der Waals surface area contributed by atoms with Crippen LogP contribution in [0.4, 0.5) is 0 Å². The highest BCUT2D eigenvalue weighted by atomic mass is 32.2. The molecule has 0 aromatic rings. The van der Waals surface area contributed by atoms with Crippen LogP contribution in [0, 0.1) is 5.92 Å². The molecule has 1 heterocycles. The summed E-state index contributed by atoms with van der Waals surface area (Å²) >= 11 is 0. The number of sulfone groups is 1. The topological polar surface area (TPSA) is 92.5 Å². The minimum absolute atomic E-state index is 0.0479. The molecular weight excluding hydrogens is 266 g/mol. The molecule has 2 unspecified atom stereocenters. The van der Waals surface area contributed by atoms with E-state index in [4.69, 9.17) is 5.73 Å². The van der Waals surface area contributed by atoms with E-state index in [0.29, 0.717) is 12.5 Å². The van der Waals surface area contributed by atoms with Crippen LogP contribution in [-0.2, 0) is 14.6 Å². The molecule has 1 aliphatic rings. The molecule has 2 atom stereocenters. The molecule has 112 valence electrons. The number of nitrogens with two attached hydrogens (primary N) is 1. The Bertz CT molecular complexity index is 397. The van der Waals surface area contributed by atoms with Crippen LogP contribution in [0.15, 0.2) is 0 Å². The van der Waals surface area contributed by atoms with Gasteiger partial charge in [-0.05, 0) is 38.8 Å². The van der Waals surface area contributed by atoms with Crippen molar-refractivity contribution in [3.63, 3.8) is 0 Å². The van der Waals surface area contributed by atoms with Crippen LogP contribution in [0.1, 0.15) is 19.3 Å². The second-order valence-electron chi connectivity index (χ2n) is 5.54. The summed E-state index contributed by atoms with van der Waals surface area (Å²) in [5, 5.41) is 2.82. The third kappa shape index (κ3) is 6.89. The fraction of sp³-hybridized carbons (Fsp3) is 0.917. The first-order valence-corrected chi connectivity index (χ1v) is 8.73. The number of hydrogen-bond acceptors (Lipinski definition) is 5. The van der Waals surface area contributed by atoms with Crippen molar-refractivity contribution in [3.8, 4) is 0 Å². The summed E-state index contributed by atoms with van der Waals surface area (Å²) in [5.74, 6) is 0.162. The number of likely N-dealkylation sites (tertiary alicyclic amines) is 1. The van der Waals surface area contributed by atoms with Crippen LogP contribution >= 0.6 is 0 Å². The Balaban J connectivity index is 2.26. The Hall–Kier alpha value is -0.660. The minimum Gasteiger partial charge on any atom is -0.354 e. The lowest BCUT2D eigenvalue weighted by molar-refractivity contribution is -0.122. The van der Waals surface area contributed by atoms with Gasteiger partial charge in [0.2, 0.25) is 5.91 Å². The van der Waals surface area contributed by atoms with Gasteiger partial charge in [-0.2, -0.15) is 0 Å². The van der Waals surface area contributed by atoms with E-state index in [1.54, 1.807) is 0 Å². The van der Waals surface area contributed by atoms with Crippen molar-refractivity contribution in [2.24, 2.45) is 11.7 Å². The zero-order chi connectivity index (χ0) is 14.5. The summed E-state index contributed by atoms with van der Waals surface area (Å²) in [4.78, 5) is 14.0. The average molecular weight is 291 g/mol. The van der Waals surface area contributed by atoms with E-state index in [2.05, 4.69) is 17.3 Å². The van der Waals surface area contributed by atoms with Gasteiger partial charge in [-0.15, -0.1) is 0 Å². The zero-order valence-corrected chi connectivity index (χ0v) is 12.6. The molecule has 19 heavy (non-hydrogen) atoms. The number of hydrogen-bond donors (Lipinski definition) is 2. The monoisotopic (exact) mass is 291 g/mol. The van der Waals surface area contributed by atoms with E-state index in [-0.39, 0.29) is 18.1 Å². The Kier molecular flexibility index (Phi) is 6.22. The van der Waals surface area contributed by atoms with E-state index in [9.17, 15) is 13.2 Å². The predicted octanol–water partition coefficient (Wildman–Crippen LogP) is -0.794. The molecule has 1 amide bonds. The number of piperidine rings is 1. The lowest BCUT2D eigenvalue weighted by atomic mass is 9.98. The van der Waals surface area contributed by atoms with Crippen molar-refractivity contribution < 1.29 is 13.2 Å². The van der Waals surface area contributed by atoms with Crippen molar-refractivity contribution >= 4 is 15.7 Å². The molecule has 1 aliphatic heterocycles. The Morgan fingerprint density at radius 3 is 2.79 bits per heavy atom. The Morgan fingerprint density at radius 1 is 1.53 bits per heavy atom. The lowest BCUT2D eigenvalue weighted by Gasteiger charge is -2.29. The third-order valence-corrected chi connectivity index (χ3v) is 4.40. The van der Waals surface area contributed by atoms with E-state index >= 15 is 0 Å². The van der Waals surface area contributed by atoms with Crippen molar-refractivity contribution in [1.82, 2.24) is 10.2 Å². The summed E-state index contributed by atoms with van der Waals surface area (Å²) in [6, 6.07) is -0.740. The number of amides is 1. The molecule has 0 radical (unpaired) electrons. The van der Waals surface area contributed by atoms with Gasteiger partial charge in [0.05, 0.1) is 11.8 Å². The van der Waals surface area contributed by atoms with Crippen molar-refractivity contribution in [3.05, 3.63) is 0 Å². The van der Waals surface area contributed by atoms with Crippen molar-refractivity contribution in [2.75, 3.05) is 38.7 Å². The predicted molar refractivity (Wildman–Crippen MR) is 75.5 cm³/mol. The molecule has 6 nitrogen and oxygen atoms in total. The first-order chi connectivity index (χ1) is 8.78. The number of carbonyl (C=O) groups excluding carboxylic acids is 1. The van der Waals surface area contributed by atoms with Crippen LogP contribution in [0.2, 0.25) is 0 Å². The molecular formula is C12H25N3O3S. The average Bonchev–Trinajstić information content (AvgIpc) is 2.32. The maximum absolute atomic E-state index is 11.7. The molecule has 0 aliphatic carbocycles. The summed E-state index contributed by atoms with van der Waals surface area (Å²) in [7, 11) is -0.987. The van der Waals surface area contributed by atoms with Gasteiger partial charge in [-0.1, -0.05) is 0 Å². The number of nitrogens with one attached hydrogen (secondary N) is 1. The van der Waals surface area contributed by atoms with Gasteiger partial charge in [0.15, 0.2) is 0 Å². The minimum atomic E-state index is -3.06. The summed E-state index contributed by atoms with van der Waals surface area (Å²) in [6.07, 6.45) is 3.59. The first kappa shape index (κ1) is 16.4. The Morgan fingerprint density at radius 2 is 2.21 bits per heavy atom. The fourth-order valence-corrected chi connectivity index (χ4v) is 2.97. The van der Waals surface area contributed by atoms with Crippen molar-refractivity contribution in [1.29, 1.82) is 0 Å². The van der Waals surface area contributed by atoms with Gasteiger partial charge in [0.25, 0.3) is 0 Å². The smallest absolute Gasteiger partial charge is 0.236 e. The first-order valence-electron chi connectivity index (χ1n) is 6.67. The van der Waals surface area contributed by atoms with Crippen LogP contribution in [0.25, 0.3) is 0 Å². The summed E-state index contributed by atoms with van der Waals surface area (Å²) in [6.45, 7) is 2.72. The van der Waals surface area contributed by atoms with E-state index in [0.717, 1.165) is 32.2 Å². The lowest BCUT2D eigenvalue weighted by Crippen LogP contribution is -2.45. The maximum atomic E-state index is 11.7. The summed E-state index contributed by atoms with van der Waals surface area (Å²) in [5.41, 5.74) is 5.68. The quantitative estimate of drug-likeness (QED) is 0.669. The maximum Gasteiger partial charge on any atom is 0.236 e. The second-order valence-corrected chi connectivity index (χ2v) is 7.80. The number of rotatable bonds is 6. The van der Waals surface area contributed by atoms with E-state index in [1.165, 1.54) is 0 Å². The fourth-order valence-electron chi connectivity index (χ4n) is 2.29. The standard InChI is InChI=1S/C12H25N3O3S/c1-15-6-3-4-10(9-15)8-14-12(16)11(13)5-7-19(2,17)18/h10-11H,3-9,13H2,1-2H3,(H,14,16).